The van der Waals surface area contributed by atoms with Gasteiger partial charge in [-0.05, 0) is 39.6 Å². The lowest BCUT2D eigenvalue weighted by Gasteiger charge is -2.12. The molecule has 0 atom stereocenters. The number of nitrogens with zero attached hydrogens (tertiary/aromatic N) is 3. The number of rotatable bonds is 5. The highest BCUT2D eigenvalue weighted by Gasteiger charge is 2.14. The van der Waals surface area contributed by atoms with Crippen molar-refractivity contribution in [2.75, 3.05) is 0 Å². The summed E-state index contributed by atoms with van der Waals surface area (Å²) in [5.74, 6) is 1.89. The number of aromatic nitrogens is 3. The van der Waals surface area contributed by atoms with Crippen LogP contribution in [0.2, 0.25) is 5.02 Å². The lowest BCUT2D eigenvalue weighted by molar-refractivity contribution is 1.07. The normalized spacial score (nSPS) is 11.0. The fourth-order valence-corrected chi connectivity index (χ4v) is 5.42. The Balaban J connectivity index is 1.34. The molecule has 7 rings (SSSR count). The van der Waals surface area contributed by atoms with Gasteiger partial charge < -0.3 is 0 Å². The first-order valence-corrected chi connectivity index (χ1v) is 13.9. The van der Waals surface area contributed by atoms with E-state index in [1.165, 1.54) is 0 Å². The molecule has 7 aromatic rings. The van der Waals surface area contributed by atoms with Crippen molar-refractivity contribution >= 4 is 22.4 Å². The second-order valence-corrected chi connectivity index (χ2v) is 10.2. The third kappa shape index (κ3) is 5.00. The Hall–Kier alpha value is -5.12. The molecule has 0 amide bonds. The second-order valence-electron chi connectivity index (χ2n) is 9.84. The fourth-order valence-electron chi connectivity index (χ4n) is 5.14. The molecule has 4 heteroatoms. The van der Waals surface area contributed by atoms with Crippen LogP contribution in [0.3, 0.4) is 0 Å². The van der Waals surface area contributed by atoms with E-state index < -0.39 is 0 Å². The van der Waals surface area contributed by atoms with Crippen molar-refractivity contribution in [2.24, 2.45) is 0 Å². The Labute approximate surface area is 243 Å². The molecular weight excluding hydrogens is 522 g/mol. The van der Waals surface area contributed by atoms with E-state index >= 15 is 0 Å². The lowest BCUT2D eigenvalue weighted by Crippen LogP contribution is -2.00. The van der Waals surface area contributed by atoms with Crippen LogP contribution in [0.5, 0.6) is 0 Å². The minimum atomic E-state index is 0.620. The van der Waals surface area contributed by atoms with Crippen LogP contribution >= 0.6 is 11.6 Å². The highest BCUT2D eigenvalue weighted by molar-refractivity contribution is 6.35. The van der Waals surface area contributed by atoms with Gasteiger partial charge in [0.25, 0.3) is 0 Å². The molecule has 41 heavy (non-hydrogen) atoms. The Morgan fingerprint density at radius 3 is 1.59 bits per heavy atom. The number of halogens is 1. The molecule has 0 fully saturated rings. The van der Waals surface area contributed by atoms with Gasteiger partial charge in [0.05, 0.1) is 0 Å². The molecule has 194 valence electrons. The smallest absolute Gasteiger partial charge is 0.164 e. The van der Waals surface area contributed by atoms with Crippen molar-refractivity contribution < 1.29 is 0 Å². The van der Waals surface area contributed by atoms with Crippen LogP contribution in [0, 0.1) is 0 Å². The van der Waals surface area contributed by atoms with Gasteiger partial charge in [-0.2, -0.15) is 0 Å². The molecule has 0 bridgehead atoms. The summed E-state index contributed by atoms with van der Waals surface area (Å²) < 4.78 is 0. The SMILES string of the molecule is Clc1ccc2ccccc2c1-c1ccc(-c2nc(-c3ccccc3)nc(-c3cccc(-c4ccccc4)c3)n2)cc1. The summed E-state index contributed by atoms with van der Waals surface area (Å²) in [6, 6.07) is 49.3. The zero-order valence-corrected chi connectivity index (χ0v) is 22.8. The zero-order valence-electron chi connectivity index (χ0n) is 22.1. The van der Waals surface area contributed by atoms with Gasteiger partial charge in [0, 0.05) is 27.3 Å². The minimum absolute atomic E-state index is 0.620. The van der Waals surface area contributed by atoms with Crippen molar-refractivity contribution in [1.82, 2.24) is 15.0 Å². The van der Waals surface area contributed by atoms with Crippen molar-refractivity contribution in [3.05, 3.63) is 151 Å². The Kier molecular flexibility index (Phi) is 6.56. The maximum absolute atomic E-state index is 6.70. The van der Waals surface area contributed by atoms with E-state index in [0.29, 0.717) is 17.5 Å². The van der Waals surface area contributed by atoms with E-state index in [2.05, 4.69) is 66.7 Å². The van der Waals surface area contributed by atoms with Crippen molar-refractivity contribution in [2.45, 2.75) is 0 Å². The van der Waals surface area contributed by atoms with Gasteiger partial charge >= 0.3 is 0 Å². The molecule has 1 aromatic heterocycles. The van der Waals surface area contributed by atoms with Crippen LogP contribution in [-0.4, -0.2) is 15.0 Å². The first-order chi connectivity index (χ1) is 20.2. The van der Waals surface area contributed by atoms with Crippen LogP contribution in [-0.2, 0) is 0 Å². The average Bonchev–Trinajstić information content (AvgIpc) is 3.05. The molecule has 0 spiro atoms. The summed E-state index contributed by atoms with van der Waals surface area (Å²) >= 11 is 6.70. The summed E-state index contributed by atoms with van der Waals surface area (Å²) in [6.45, 7) is 0. The predicted octanol–water partition coefficient (Wildman–Crippen LogP) is 10.0. The van der Waals surface area contributed by atoms with Crippen LogP contribution in [0.25, 0.3) is 67.2 Å². The van der Waals surface area contributed by atoms with Crippen molar-refractivity contribution in [1.29, 1.82) is 0 Å². The Bertz CT molecular complexity index is 1990. The quantitative estimate of drug-likeness (QED) is 0.216. The molecule has 6 aromatic carbocycles. The van der Waals surface area contributed by atoms with Crippen LogP contribution in [0.1, 0.15) is 0 Å². The third-order valence-corrected chi connectivity index (χ3v) is 7.52. The van der Waals surface area contributed by atoms with E-state index in [1.54, 1.807) is 0 Å². The molecular formula is C37H24ClN3. The second kappa shape index (κ2) is 10.8. The maximum Gasteiger partial charge on any atom is 0.164 e. The standard InChI is InChI=1S/C37H24ClN3/c38-33-23-22-26-12-7-8-17-32(26)34(33)27-18-20-29(21-19-27)36-39-35(28-13-5-2-6-14-28)40-37(41-36)31-16-9-15-30(24-31)25-10-3-1-4-11-25/h1-24H. The molecule has 0 aliphatic heterocycles. The predicted molar refractivity (Wildman–Crippen MR) is 170 cm³/mol. The molecule has 0 aliphatic rings. The Morgan fingerprint density at radius 2 is 0.878 bits per heavy atom. The third-order valence-electron chi connectivity index (χ3n) is 7.21. The molecule has 0 unspecified atom stereocenters. The van der Waals surface area contributed by atoms with Crippen molar-refractivity contribution in [3.63, 3.8) is 0 Å². The minimum Gasteiger partial charge on any atom is -0.208 e. The summed E-state index contributed by atoms with van der Waals surface area (Å²) in [5, 5.41) is 3.01. The molecule has 3 nitrogen and oxygen atoms in total. The van der Waals surface area contributed by atoms with E-state index in [4.69, 9.17) is 26.6 Å². The molecule has 1 heterocycles. The highest BCUT2D eigenvalue weighted by Crippen LogP contribution is 2.36. The summed E-state index contributed by atoms with van der Waals surface area (Å²) in [6.07, 6.45) is 0. The molecule has 0 aliphatic carbocycles. The van der Waals surface area contributed by atoms with E-state index in [-0.39, 0.29) is 0 Å². The molecule has 0 saturated carbocycles. The molecule has 0 saturated heterocycles. The van der Waals surface area contributed by atoms with E-state index in [1.807, 2.05) is 78.9 Å². The maximum atomic E-state index is 6.70. The molecule has 0 N–H and O–H groups in total. The number of hydrogen-bond donors (Lipinski definition) is 0. The van der Waals surface area contributed by atoms with E-state index in [0.717, 1.165) is 54.7 Å². The van der Waals surface area contributed by atoms with Gasteiger partial charge in [-0.15, -0.1) is 0 Å². The van der Waals surface area contributed by atoms with Crippen LogP contribution in [0.15, 0.2) is 146 Å². The lowest BCUT2D eigenvalue weighted by atomic mass is 9.97. The van der Waals surface area contributed by atoms with Crippen LogP contribution in [0.4, 0.5) is 0 Å². The highest BCUT2D eigenvalue weighted by atomic mass is 35.5. The summed E-state index contributed by atoms with van der Waals surface area (Å²) in [4.78, 5) is 14.8. The van der Waals surface area contributed by atoms with Gasteiger partial charge in [-0.3, -0.25) is 0 Å². The van der Waals surface area contributed by atoms with Gasteiger partial charge in [0.1, 0.15) is 0 Å². The van der Waals surface area contributed by atoms with Gasteiger partial charge in [-0.25, -0.2) is 15.0 Å². The largest absolute Gasteiger partial charge is 0.208 e. The monoisotopic (exact) mass is 545 g/mol. The van der Waals surface area contributed by atoms with Gasteiger partial charge in [0.2, 0.25) is 0 Å². The van der Waals surface area contributed by atoms with Gasteiger partial charge in [-0.1, -0.05) is 145 Å². The number of hydrogen-bond acceptors (Lipinski definition) is 3. The number of fused-ring (bicyclic) bond motifs is 1. The number of benzene rings is 6. The first kappa shape index (κ1) is 24.9. The first-order valence-electron chi connectivity index (χ1n) is 13.5. The molecule has 0 radical (unpaired) electrons. The fraction of sp³-hybridized carbons (Fsp3) is 0. The average molecular weight is 546 g/mol. The van der Waals surface area contributed by atoms with E-state index in [9.17, 15) is 0 Å². The van der Waals surface area contributed by atoms with Gasteiger partial charge in [0.15, 0.2) is 17.5 Å². The topological polar surface area (TPSA) is 38.7 Å². The van der Waals surface area contributed by atoms with Crippen LogP contribution < -0.4 is 0 Å². The Morgan fingerprint density at radius 1 is 0.366 bits per heavy atom. The zero-order chi connectivity index (χ0) is 27.6. The summed E-state index contributed by atoms with van der Waals surface area (Å²) in [5.41, 5.74) is 7.11. The van der Waals surface area contributed by atoms with Crippen molar-refractivity contribution in [3.8, 4) is 56.4 Å². The summed E-state index contributed by atoms with van der Waals surface area (Å²) in [7, 11) is 0.